The zero-order chi connectivity index (χ0) is 13.8. The van der Waals surface area contributed by atoms with Gasteiger partial charge in [0.15, 0.2) is 0 Å². The lowest BCUT2D eigenvalue weighted by molar-refractivity contribution is 0.415. The third-order valence-electron chi connectivity index (χ3n) is 2.60. The molecule has 5 nitrogen and oxygen atoms in total. The van der Waals surface area contributed by atoms with Gasteiger partial charge in [-0.1, -0.05) is 6.07 Å². The van der Waals surface area contributed by atoms with Gasteiger partial charge in [-0.15, -0.1) is 0 Å². The maximum Gasteiger partial charge on any atom is 0.236 e. The normalized spacial score (nSPS) is 11.3. The Morgan fingerprint density at radius 2 is 2.06 bits per heavy atom. The fourth-order valence-corrected chi connectivity index (χ4v) is 3.12. The van der Waals surface area contributed by atoms with Gasteiger partial charge in [0.25, 0.3) is 0 Å². The van der Waals surface area contributed by atoms with Crippen molar-refractivity contribution in [2.75, 3.05) is 30.3 Å². The van der Waals surface area contributed by atoms with E-state index in [4.69, 9.17) is 10.5 Å². The van der Waals surface area contributed by atoms with Gasteiger partial charge in [0.2, 0.25) is 10.0 Å². The van der Waals surface area contributed by atoms with Crippen molar-refractivity contribution in [3.63, 3.8) is 0 Å². The number of hydrogen-bond donors (Lipinski definition) is 1. The lowest BCUT2D eigenvalue weighted by Crippen LogP contribution is -2.35. The first-order valence-electron chi connectivity index (χ1n) is 5.81. The highest BCUT2D eigenvalue weighted by Crippen LogP contribution is 2.31. The highest BCUT2D eigenvalue weighted by molar-refractivity contribution is 7.92. The topological polar surface area (TPSA) is 72.6 Å². The second-order valence-electron chi connectivity index (χ2n) is 3.94. The van der Waals surface area contributed by atoms with E-state index in [1.54, 1.807) is 19.1 Å². The van der Waals surface area contributed by atoms with Gasteiger partial charge < -0.3 is 10.5 Å². The van der Waals surface area contributed by atoms with Crippen LogP contribution in [0.4, 0.5) is 5.69 Å². The second kappa shape index (κ2) is 6.06. The maximum absolute atomic E-state index is 12.1. The summed E-state index contributed by atoms with van der Waals surface area (Å²) in [6.45, 7) is 4.15. The molecule has 18 heavy (non-hydrogen) atoms. The molecular weight excluding hydrogens is 252 g/mol. The van der Waals surface area contributed by atoms with Crippen LogP contribution in [-0.4, -0.2) is 34.4 Å². The molecule has 0 aliphatic rings. The highest BCUT2D eigenvalue weighted by Gasteiger charge is 2.23. The summed E-state index contributed by atoms with van der Waals surface area (Å²) in [5, 5.41) is 0. The summed E-state index contributed by atoms with van der Waals surface area (Å²) in [7, 11) is -1.87. The number of sulfonamides is 1. The summed E-state index contributed by atoms with van der Waals surface area (Å²) in [5.74, 6) is 0.473. The zero-order valence-corrected chi connectivity index (χ0v) is 11.8. The first kappa shape index (κ1) is 14.8. The van der Waals surface area contributed by atoms with E-state index in [1.807, 2.05) is 13.0 Å². The largest absolute Gasteiger partial charge is 0.495 e. The minimum Gasteiger partial charge on any atom is -0.495 e. The Kier molecular flexibility index (Phi) is 4.98. The van der Waals surface area contributed by atoms with Crippen molar-refractivity contribution < 1.29 is 13.2 Å². The van der Waals surface area contributed by atoms with Gasteiger partial charge in [-0.2, -0.15) is 0 Å². The number of hydrogen-bond acceptors (Lipinski definition) is 4. The highest BCUT2D eigenvalue weighted by atomic mass is 32.2. The van der Waals surface area contributed by atoms with Crippen molar-refractivity contribution >= 4 is 15.7 Å². The van der Waals surface area contributed by atoms with Crippen molar-refractivity contribution in [3.05, 3.63) is 23.8 Å². The van der Waals surface area contributed by atoms with Crippen LogP contribution in [0.15, 0.2) is 18.2 Å². The molecule has 6 heteroatoms. The summed E-state index contributed by atoms with van der Waals surface area (Å²) in [6.07, 6.45) is 0. The lowest BCUT2D eigenvalue weighted by Gasteiger charge is -2.24. The quantitative estimate of drug-likeness (QED) is 0.842. The number of methoxy groups -OCH3 is 1. The van der Waals surface area contributed by atoms with Crippen molar-refractivity contribution in [1.29, 1.82) is 0 Å². The van der Waals surface area contributed by atoms with Gasteiger partial charge >= 0.3 is 0 Å². The summed E-state index contributed by atoms with van der Waals surface area (Å²) >= 11 is 0. The standard InChI is InChI=1S/C12H20N2O3S/c1-4-14(18(15,16)8-7-13)11-9-10(2)5-6-12(11)17-3/h5-6,9H,4,7-8,13H2,1-3H3. The molecule has 0 aliphatic carbocycles. The number of benzene rings is 1. The van der Waals surface area contributed by atoms with Crippen molar-refractivity contribution in [1.82, 2.24) is 0 Å². The molecule has 0 amide bonds. The Morgan fingerprint density at radius 3 is 2.56 bits per heavy atom. The van der Waals surface area contributed by atoms with E-state index in [-0.39, 0.29) is 12.3 Å². The molecule has 0 bridgehead atoms. The average Bonchev–Trinajstić information content (AvgIpc) is 2.29. The fraction of sp³-hybridized carbons (Fsp3) is 0.500. The van der Waals surface area contributed by atoms with Gasteiger partial charge in [0, 0.05) is 13.1 Å². The summed E-state index contributed by atoms with van der Waals surface area (Å²) < 4.78 is 30.8. The van der Waals surface area contributed by atoms with Crippen LogP contribution >= 0.6 is 0 Å². The minimum absolute atomic E-state index is 0.0715. The maximum atomic E-state index is 12.1. The van der Waals surface area contributed by atoms with E-state index < -0.39 is 10.0 Å². The fourth-order valence-electron chi connectivity index (χ4n) is 1.77. The number of rotatable bonds is 6. The van der Waals surface area contributed by atoms with Crippen LogP contribution in [0.1, 0.15) is 12.5 Å². The molecule has 2 N–H and O–H groups in total. The van der Waals surface area contributed by atoms with Gasteiger partial charge in [-0.05, 0) is 31.5 Å². The first-order chi connectivity index (χ1) is 8.46. The van der Waals surface area contributed by atoms with Crippen LogP contribution < -0.4 is 14.8 Å². The predicted molar refractivity (Wildman–Crippen MR) is 73.6 cm³/mol. The molecule has 0 aromatic heterocycles. The molecule has 0 radical (unpaired) electrons. The molecule has 0 heterocycles. The Labute approximate surface area is 109 Å². The van der Waals surface area contributed by atoms with Gasteiger partial charge in [0.05, 0.1) is 18.6 Å². The Morgan fingerprint density at radius 1 is 1.39 bits per heavy atom. The van der Waals surface area contributed by atoms with Crippen molar-refractivity contribution in [3.8, 4) is 5.75 Å². The number of nitrogens with zero attached hydrogens (tertiary/aromatic N) is 1. The molecule has 0 atom stereocenters. The monoisotopic (exact) mass is 272 g/mol. The zero-order valence-electron chi connectivity index (χ0n) is 11.0. The van der Waals surface area contributed by atoms with E-state index in [0.29, 0.717) is 18.0 Å². The molecule has 1 aromatic rings. The van der Waals surface area contributed by atoms with Crippen molar-refractivity contribution in [2.24, 2.45) is 5.73 Å². The third-order valence-corrected chi connectivity index (χ3v) is 4.48. The predicted octanol–water partition coefficient (Wildman–Crippen LogP) is 1.12. The number of nitrogens with two attached hydrogens (primary N) is 1. The van der Waals surface area contributed by atoms with E-state index in [2.05, 4.69) is 0 Å². The van der Waals surface area contributed by atoms with Crippen LogP contribution in [0.25, 0.3) is 0 Å². The van der Waals surface area contributed by atoms with Gasteiger partial charge in [-0.25, -0.2) is 8.42 Å². The second-order valence-corrected chi connectivity index (χ2v) is 5.96. The molecule has 0 spiro atoms. The Hall–Kier alpha value is -1.27. The van der Waals surface area contributed by atoms with Crippen LogP contribution in [0, 0.1) is 6.92 Å². The van der Waals surface area contributed by atoms with E-state index in [1.165, 1.54) is 11.4 Å². The summed E-state index contributed by atoms with van der Waals surface area (Å²) in [6, 6.07) is 5.45. The SMILES string of the molecule is CCN(c1cc(C)ccc1OC)S(=O)(=O)CCN. The smallest absolute Gasteiger partial charge is 0.236 e. The molecule has 1 rings (SSSR count). The van der Waals surface area contributed by atoms with E-state index >= 15 is 0 Å². The third kappa shape index (κ3) is 3.14. The van der Waals surface area contributed by atoms with Crippen LogP contribution in [-0.2, 0) is 10.0 Å². The molecule has 0 fully saturated rings. The van der Waals surface area contributed by atoms with E-state index in [9.17, 15) is 8.42 Å². The molecule has 1 aromatic carbocycles. The number of anilines is 1. The molecule has 102 valence electrons. The minimum atomic E-state index is -3.40. The first-order valence-corrected chi connectivity index (χ1v) is 7.42. The van der Waals surface area contributed by atoms with Crippen LogP contribution in [0.3, 0.4) is 0 Å². The van der Waals surface area contributed by atoms with Crippen molar-refractivity contribution in [2.45, 2.75) is 13.8 Å². The Bertz CT molecular complexity index is 500. The lowest BCUT2D eigenvalue weighted by atomic mass is 10.2. The number of ether oxygens (including phenoxy) is 1. The van der Waals surface area contributed by atoms with Gasteiger partial charge in [-0.3, -0.25) is 4.31 Å². The molecular formula is C12H20N2O3S. The summed E-state index contributed by atoms with van der Waals surface area (Å²) in [4.78, 5) is 0. The van der Waals surface area contributed by atoms with Gasteiger partial charge in [0.1, 0.15) is 5.75 Å². The van der Waals surface area contributed by atoms with E-state index in [0.717, 1.165) is 5.56 Å². The van der Waals surface area contributed by atoms with Crippen LogP contribution in [0.5, 0.6) is 5.75 Å². The summed E-state index contributed by atoms with van der Waals surface area (Å²) in [5.41, 5.74) is 6.89. The molecule has 0 aliphatic heterocycles. The number of aryl methyl sites for hydroxylation is 1. The Balaban J connectivity index is 3.28. The molecule has 0 unspecified atom stereocenters. The molecule has 0 saturated heterocycles. The molecule has 0 saturated carbocycles. The van der Waals surface area contributed by atoms with Crippen LogP contribution in [0.2, 0.25) is 0 Å². The average molecular weight is 272 g/mol.